The third-order valence-corrected chi connectivity index (χ3v) is 4.73. The minimum atomic E-state index is -0.786. The summed E-state index contributed by atoms with van der Waals surface area (Å²) in [5, 5.41) is 3.05. The second-order valence-corrected chi connectivity index (χ2v) is 7.60. The van der Waals surface area contributed by atoms with Gasteiger partial charge in [0.2, 0.25) is 0 Å². The summed E-state index contributed by atoms with van der Waals surface area (Å²) in [5.74, 6) is -0.0580. The molecule has 1 heterocycles. The smallest absolute Gasteiger partial charge is 0.349 e. The molecule has 0 bridgehead atoms. The highest BCUT2D eigenvalue weighted by Gasteiger charge is 2.15. The predicted molar refractivity (Wildman–Crippen MR) is 121 cm³/mol. The van der Waals surface area contributed by atoms with Gasteiger partial charge in [0, 0.05) is 18.0 Å². The Kier molecular flexibility index (Phi) is 7.10. The molecule has 7 nitrogen and oxygen atoms in total. The molecule has 32 heavy (non-hydrogen) atoms. The van der Waals surface area contributed by atoms with Crippen molar-refractivity contribution in [2.75, 3.05) is 13.2 Å². The maximum atomic E-state index is 12.3. The average molecular weight is 435 g/mol. The average Bonchev–Trinajstić information content (AvgIpc) is 2.75. The number of esters is 1. The van der Waals surface area contributed by atoms with E-state index in [0.29, 0.717) is 11.1 Å². The summed E-state index contributed by atoms with van der Waals surface area (Å²) in [7, 11) is 0. The van der Waals surface area contributed by atoms with E-state index in [1.165, 1.54) is 18.2 Å². The van der Waals surface area contributed by atoms with Gasteiger partial charge >= 0.3 is 11.6 Å². The lowest BCUT2D eigenvalue weighted by molar-refractivity contribution is -0.136. The molecule has 1 amide bonds. The highest BCUT2D eigenvalue weighted by atomic mass is 16.6. The van der Waals surface area contributed by atoms with Crippen molar-refractivity contribution >= 4 is 22.8 Å². The molecule has 0 atom stereocenters. The lowest BCUT2D eigenvalue weighted by Crippen LogP contribution is -2.28. The lowest BCUT2D eigenvalue weighted by Gasteiger charge is -2.14. The predicted octanol–water partition coefficient (Wildman–Crippen LogP) is 4.13. The van der Waals surface area contributed by atoms with E-state index in [4.69, 9.17) is 13.9 Å². The zero-order chi connectivity index (χ0) is 23.3. The molecule has 3 rings (SSSR count). The number of ether oxygens (including phenoxy) is 2. The van der Waals surface area contributed by atoms with Crippen LogP contribution in [0.25, 0.3) is 11.0 Å². The summed E-state index contributed by atoms with van der Waals surface area (Å²) in [6.07, 6.45) is 1.51. The van der Waals surface area contributed by atoms with Gasteiger partial charge in [-0.05, 0) is 48.2 Å². The molecule has 3 aromatic rings. The molecule has 0 aliphatic heterocycles. The third kappa shape index (κ3) is 5.43. The second-order valence-electron chi connectivity index (χ2n) is 7.60. The summed E-state index contributed by atoms with van der Waals surface area (Å²) >= 11 is 0. The molecule has 2 aromatic carbocycles. The molecule has 0 saturated heterocycles. The molecule has 0 spiro atoms. The van der Waals surface area contributed by atoms with Crippen molar-refractivity contribution < 1.29 is 23.5 Å². The van der Waals surface area contributed by atoms with Crippen LogP contribution < -0.4 is 20.4 Å². The molecular formula is C25H25NO6. The van der Waals surface area contributed by atoms with E-state index >= 15 is 0 Å². The molecular weight excluding hydrogens is 410 g/mol. The minimum absolute atomic E-state index is 0.114. The van der Waals surface area contributed by atoms with Crippen molar-refractivity contribution in [2.45, 2.75) is 26.7 Å². The number of rotatable bonds is 8. The Morgan fingerprint density at radius 1 is 1.16 bits per heavy atom. The molecule has 1 N–H and O–H groups in total. The van der Waals surface area contributed by atoms with Crippen LogP contribution in [0.3, 0.4) is 0 Å². The molecule has 1 aromatic heterocycles. The van der Waals surface area contributed by atoms with Crippen LogP contribution in [0.15, 0.2) is 64.3 Å². The first kappa shape index (κ1) is 22.8. The van der Waals surface area contributed by atoms with Crippen LogP contribution in [0.5, 0.6) is 11.5 Å². The topological polar surface area (TPSA) is 94.8 Å². The molecule has 0 radical (unpaired) electrons. The number of carbonyl (C=O) groups is 2. The van der Waals surface area contributed by atoms with Gasteiger partial charge in [0.15, 0.2) is 6.61 Å². The first-order valence-electron chi connectivity index (χ1n) is 10.2. The van der Waals surface area contributed by atoms with E-state index in [2.05, 4.69) is 11.9 Å². The Morgan fingerprint density at radius 3 is 2.66 bits per heavy atom. The van der Waals surface area contributed by atoms with Crippen LogP contribution in [-0.2, 0) is 4.79 Å². The van der Waals surface area contributed by atoms with Crippen molar-refractivity contribution in [2.24, 2.45) is 0 Å². The van der Waals surface area contributed by atoms with Crippen molar-refractivity contribution in [3.63, 3.8) is 0 Å². The quantitative estimate of drug-likeness (QED) is 0.247. The fourth-order valence-electron chi connectivity index (χ4n) is 3.11. The fraction of sp³-hybridized carbons (Fsp3) is 0.240. The van der Waals surface area contributed by atoms with Crippen molar-refractivity contribution in [3.8, 4) is 11.5 Å². The van der Waals surface area contributed by atoms with Gasteiger partial charge in [-0.3, -0.25) is 4.79 Å². The van der Waals surface area contributed by atoms with Gasteiger partial charge in [-0.25, -0.2) is 9.59 Å². The monoisotopic (exact) mass is 435 g/mol. The van der Waals surface area contributed by atoms with Gasteiger partial charge in [0.05, 0.1) is 0 Å². The fourth-order valence-corrected chi connectivity index (χ4v) is 3.11. The normalized spacial score (nSPS) is 10.8. The van der Waals surface area contributed by atoms with Crippen molar-refractivity contribution in [1.29, 1.82) is 0 Å². The number of amides is 1. The standard InChI is InChI=1S/C25H25NO6/c1-5-10-26-24(28)20-12-17-7-8-18(13-21(17)32-25(20)29)31-23(27)14-30-22-11-16(4)6-9-19(22)15(2)3/h5-9,11-13,15H,1,10,14H2,2-4H3,(H,26,28). The Balaban J connectivity index is 1.72. The molecule has 0 fully saturated rings. The summed E-state index contributed by atoms with van der Waals surface area (Å²) in [6, 6.07) is 11.9. The Bertz CT molecular complexity index is 1220. The van der Waals surface area contributed by atoms with Crippen LogP contribution >= 0.6 is 0 Å². The van der Waals surface area contributed by atoms with Crippen molar-refractivity contribution in [3.05, 3.63) is 82.2 Å². The van der Waals surface area contributed by atoms with E-state index in [1.807, 2.05) is 39.0 Å². The van der Waals surface area contributed by atoms with E-state index in [1.54, 1.807) is 12.1 Å². The Labute approximate surface area is 185 Å². The maximum absolute atomic E-state index is 12.3. The minimum Gasteiger partial charge on any atom is -0.482 e. The SMILES string of the molecule is C=CCNC(=O)c1cc2ccc(OC(=O)COc3cc(C)ccc3C(C)C)cc2oc1=O. The summed E-state index contributed by atoms with van der Waals surface area (Å²) in [4.78, 5) is 36.5. The van der Waals surface area contributed by atoms with Gasteiger partial charge in [-0.1, -0.05) is 32.1 Å². The number of carbonyl (C=O) groups excluding carboxylic acids is 2. The van der Waals surface area contributed by atoms with E-state index in [9.17, 15) is 14.4 Å². The van der Waals surface area contributed by atoms with Crippen LogP contribution in [0.2, 0.25) is 0 Å². The van der Waals surface area contributed by atoms with Crippen molar-refractivity contribution in [1.82, 2.24) is 5.32 Å². The summed E-state index contributed by atoms with van der Waals surface area (Å²) in [6.45, 7) is 9.52. The lowest BCUT2D eigenvalue weighted by atomic mass is 10.0. The van der Waals surface area contributed by atoms with Crippen LogP contribution in [0.4, 0.5) is 0 Å². The van der Waals surface area contributed by atoms with Gasteiger partial charge in [0.1, 0.15) is 22.6 Å². The molecule has 166 valence electrons. The molecule has 7 heteroatoms. The van der Waals surface area contributed by atoms with E-state index in [-0.39, 0.29) is 36.0 Å². The second kappa shape index (κ2) is 9.96. The largest absolute Gasteiger partial charge is 0.482 e. The third-order valence-electron chi connectivity index (χ3n) is 4.73. The van der Waals surface area contributed by atoms with Crippen LogP contribution in [0.1, 0.15) is 41.3 Å². The number of benzene rings is 2. The Morgan fingerprint density at radius 2 is 1.94 bits per heavy atom. The molecule has 0 unspecified atom stereocenters. The van der Waals surface area contributed by atoms with Gasteiger partial charge in [-0.15, -0.1) is 6.58 Å². The zero-order valence-electron chi connectivity index (χ0n) is 18.3. The molecule has 0 saturated carbocycles. The van der Waals surface area contributed by atoms with E-state index in [0.717, 1.165) is 11.1 Å². The van der Waals surface area contributed by atoms with Crippen LogP contribution in [0, 0.1) is 6.92 Å². The summed E-state index contributed by atoms with van der Waals surface area (Å²) < 4.78 is 16.3. The van der Waals surface area contributed by atoms with Gasteiger partial charge in [-0.2, -0.15) is 0 Å². The highest BCUT2D eigenvalue weighted by molar-refractivity contribution is 5.96. The zero-order valence-corrected chi connectivity index (χ0v) is 18.3. The number of aryl methyl sites for hydroxylation is 1. The highest BCUT2D eigenvalue weighted by Crippen LogP contribution is 2.27. The molecule has 0 aliphatic rings. The Hall–Kier alpha value is -3.87. The van der Waals surface area contributed by atoms with E-state index < -0.39 is 17.5 Å². The first-order valence-corrected chi connectivity index (χ1v) is 10.2. The van der Waals surface area contributed by atoms with Gasteiger partial charge < -0.3 is 19.2 Å². The van der Waals surface area contributed by atoms with Crippen LogP contribution in [-0.4, -0.2) is 25.0 Å². The first-order chi connectivity index (χ1) is 15.3. The maximum Gasteiger partial charge on any atom is 0.349 e. The summed E-state index contributed by atoms with van der Waals surface area (Å²) in [5.41, 5.74) is 1.33. The number of nitrogens with one attached hydrogen (secondary N) is 1. The van der Waals surface area contributed by atoms with Gasteiger partial charge in [0.25, 0.3) is 5.91 Å². The number of hydrogen-bond acceptors (Lipinski definition) is 6. The number of hydrogen-bond donors (Lipinski definition) is 1. The molecule has 0 aliphatic carbocycles. The number of fused-ring (bicyclic) bond motifs is 1.